The van der Waals surface area contributed by atoms with E-state index in [9.17, 15) is 13.2 Å². The fourth-order valence-corrected chi connectivity index (χ4v) is 4.24. The Morgan fingerprint density at radius 1 is 1.23 bits per heavy atom. The SMILES string of the molecule is COc1ccc(Cl)cc1NC(=O)[C@@H]1Cc2ccccc2CN1S(C)(=O)=O. The predicted molar refractivity (Wildman–Crippen MR) is 101 cm³/mol. The molecule has 0 saturated carbocycles. The summed E-state index contributed by atoms with van der Waals surface area (Å²) in [4.78, 5) is 12.9. The van der Waals surface area contributed by atoms with Crippen LogP contribution in [0.25, 0.3) is 0 Å². The Balaban J connectivity index is 1.93. The zero-order valence-electron chi connectivity index (χ0n) is 14.4. The van der Waals surface area contributed by atoms with Gasteiger partial charge in [-0.25, -0.2) is 8.42 Å². The molecule has 0 aliphatic carbocycles. The minimum atomic E-state index is -3.56. The van der Waals surface area contributed by atoms with Crippen LogP contribution < -0.4 is 10.1 Å². The molecule has 0 bridgehead atoms. The summed E-state index contributed by atoms with van der Waals surface area (Å²) in [6.45, 7) is 0.166. The Morgan fingerprint density at radius 2 is 1.92 bits per heavy atom. The zero-order chi connectivity index (χ0) is 18.9. The molecule has 26 heavy (non-hydrogen) atoms. The maximum atomic E-state index is 12.9. The third kappa shape index (κ3) is 3.85. The number of ether oxygens (including phenoxy) is 1. The Morgan fingerprint density at radius 3 is 2.58 bits per heavy atom. The minimum absolute atomic E-state index is 0.166. The first kappa shape index (κ1) is 18.7. The van der Waals surface area contributed by atoms with E-state index in [0.717, 1.165) is 17.4 Å². The third-order valence-electron chi connectivity index (χ3n) is 4.35. The van der Waals surface area contributed by atoms with Gasteiger partial charge < -0.3 is 10.1 Å². The number of fused-ring (bicyclic) bond motifs is 1. The number of anilines is 1. The van der Waals surface area contributed by atoms with Crippen LogP contribution in [0, 0.1) is 0 Å². The van der Waals surface area contributed by atoms with E-state index in [2.05, 4.69) is 5.32 Å². The molecule has 0 fully saturated rings. The molecule has 2 aromatic rings. The van der Waals surface area contributed by atoms with Gasteiger partial charge in [-0.15, -0.1) is 0 Å². The number of carbonyl (C=O) groups is 1. The van der Waals surface area contributed by atoms with Gasteiger partial charge in [0.15, 0.2) is 0 Å². The third-order valence-corrected chi connectivity index (χ3v) is 5.82. The highest BCUT2D eigenvalue weighted by molar-refractivity contribution is 7.88. The summed E-state index contributed by atoms with van der Waals surface area (Å²) in [7, 11) is -2.08. The number of nitrogens with zero attached hydrogens (tertiary/aromatic N) is 1. The standard InChI is InChI=1S/C18H19ClN2O4S/c1-25-17-8-7-14(19)10-15(17)20-18(22)16-9-12-5-3-4-6-13(12)11-21(16)26(2,23)24/h3-8,10,16H,9,11H2,1-2H3,(H,20,22)/t16-/m0/s1. The molecule has 1 heterocycles. The number of nitrogens with one attached hydrogen (secondary N) is 1. The number of benzene rings is 2. The van der Waals surface area contributed by atoms with Gasteiger partial charge in [0.25, 0.3) is 0 Å². The first-order valence-corrected chi connectivity index (χ1v) is 10.2. The monoisotopic (exact) mass is 394 g/mol. The molecule has 8 heteroatoms. The molecule has 0 saturated heterocycles. The van der Waals surface area contributed by atoms with Crippen molar-refractivity contribution < 1.29 is 17.9 Å². The van der Waals surface area contributed by atoms with Crippen LogP contribution in [0.2, 0.25) is 5.02 Å². The summed E-state index contributed by atoms with van der Waals surface area (Å²) in [5.74, 6) is 0.0235. The number of hydrogen-bond donors (Lipinski definition) is 1. The molecule has 2 aromatic carbocycles. The van der Waals surface area contributed by atoms with Crippen LogP contribution in [0.15, 0.2) is 42.5 Å². The van der Waals surface area contributed by atoms with E-state index in [0.29, 0.717) is 22.9 Å². The van der Waals surface area contributed by atoms with E-state index in [-0.39, 0.29) is 6.54 Å². The van der Waals surface area contributed by atoms with E-state index in [1.807, 2.05) is 24.3 Å². The van der Waals surface area contributed by atoms with E-state index < -0.39 is 22.0 Å². The van der Waals surface area contributed by atoms with Gasteiger partial charge in [0, 0.05) is 11.6 Å². The maximum absolute atomic E-state index is 12.9. The summed E-state index contributed by atoms with van der Waals surface area (Å²) in [5.41, 5.74) is 2.27. The number of amides is 1. The van der Waals surface area contributed by atoms with Crippen molar-refractivity contribution in [1.82, 2.24) is 4.31 Å². The fraction of sp³-hybridized carbons (Fsp3) is 0.278. The fourth-order valence-electron chi connectivity index (χ4n) is 3.06. The van der Waals surface area contributed by atoms with Gasteiger partial charge in [0.1, 0.15) is 11.8 Å². The largest absolute Gasteiger partial charge is 0.495 e. The van der Waals surface area contributed by atoms with Crippen LogP contribution in [-0.4, -0.2) is 38.0 Å². The van der Waals surface area contributed by atoms with Crippen molar-refractivity contribution in [2.45, 2.75) is 19.0 Å². The van der Waals surface area contributed by atoms with E-state index in [1.54, 1.807) is 18.2 Å². The van der Waals surface area contributed by atoms with Crippen molar-refractivity contribution in [2.24, 2.45) is 0 Å². The summed E-state index contributed by atoms with van der Waals surface area (Å²) < 4.78 is 30.9. The number of halogens is 1. The first-order valence-electron chi connectivity index (χ1n) is 7.97. The van der Waals surface area contributed by atoms with Crippen LogP contribution in [0.4, 0.5) is 5.69 Å². The summed E-state index contributed by atoms with van der Waals surface area (Å²) in [6, 6.07) is 11.5. The molecule has 0 aromatic heterocycles. The van der Waals surface area contributed by atoms with E-state index >= 15 is 0 Å². The highest BCUT2D eigenvalue weighted by Gasteiger charge is 2.37. The van der Waals surface area contributed by atoms with Crippen molar-refractivity contribution in [3.05, 3.63) is 58.6 Å². The van der Waals surface area contributed by atoms with Gasteiger partial charge in [0.2, 0.25) is 15.9 Å². The van der Waals surface area contributed by atoms with Crippen LogP contribution in [0.3, 0.4) is 0 Å². The number of hydrogen-bond acceptors (Lipinski definition) is 4. The lowest BCUT2D eigenvalue weighted by Crippen LogP contribution is -2.50. The molecule has 138 valence electrons. The number of sulfonamides is 1. The second-order valence-corrected chi connectivity index (χ2v) is 8.50. The maximum Gasteiger partial charge on any atom is 0.243 e. The second-order valence-electron chi connectivity index (χ2n) is 6.13. The molecule has 0 unspecified atom stereocenters. The van der Waals surface area contributed by atoms with Crippen LogP contribution in [0.1, 0.15) is 11.1 Å². The van der Waals surface area contributed by atoms with Gasteiger partial charge in [-0.3, -0.25) is 4.79 Å². The Labute approximate surface area is 157 Å². The molecule has 1 aliphatic rings. The van der Waals surface area contributed by atoms with Crippen molar-refractivity contribution in [3.8, 4) is 5.75 Å². The van der Waals surface area contributed by atoms with Gasteiger partial charge in [-0.2, -0.15) is 4.31 Å². The second kappa shape index (κ2) is 7.26. The molecular formula is C18H19ClN2O4S. The van der Waals surface area contributed by atoms with Crippen molar-refractivity contribution in [1.29, 1.82) is 0 Å². The van der Waals surface area contributed by atoms with Crippen molar-refractivity contribution in [3.63, 3.8) is 0 Å². The molecule has 1 N–H and O–H groups in total. The normalized spacial score (nSPS) is 17.4. The van der Waals surface area contributed by atoms with Gasteiger partial charge in [-0.05, 0) is 35.7 Å². The molecule has 0 radical (unpaired) electrons. The lowest BCUT2D eigenvalue weighted by atomic mass is 9.95. The van der Waals surface area contributed by atoms with Gasteiger partial charge >= 0.3 is 0 Å². The highest BCUT2D eigenvalue weighted by Crippen LogP contribution is 2.30. The molecule has 6 nitrogen and oxygen atoms in total. The lowest BCUT2D eigenvalue weighted by Gasteiger charge is -2.34. The molecule has 1 atom stereocenters. The topological polar surface area (TPSA) is 75.7 Å². The van der Waals surface area contributed by atoms with Crippen LogP contribution in [0.5, 0.6) is 5.75 Å². The van der Waals surface area contributed by atoms with Crippen molar-refractivity contribution in [2.75, 3.05) is 18.7 Å². The zero-order valence-corrected chi connectivity index (χ0v) is 16.0. The summed E-state index contributed by atoms with van der Waals surface area (Å²) >= 11 is 6.00. The van der Waals surface area contributed by atoms with Gasteiger partial charge in [-0.1, -0.05) is 35.9 Å². The highest BCUT2D eigenvalue weighted by atomic mass is 35.5. The van der Waals surface area contributed by atoms with Crippen LogP contribution in [-0.2, 0) is 27.8 Å². The van der Waals surface area contributed by atoms with Gasteiger partial charge in [0.05, 0.1) is 19.1 Å². The molecular weight excluding hydrogens is 376 g/mol. The smallest absolute Gasteiger partial charge is 0.243 e. The Hall–Kier alpha value is -2.09. The average molecular weight is 395 g/mol. The van der Waals surface area contributed by atoms with E-state index in [4.69, 9.17) is 16.3 Å². The average Bonchev–Trinajstić information content (AvgIpc) is 2.60. The molecule has 0 spiro atoms. The molecule has 1 amide bonds. The number of rotatable bonds is 4. The Kier molecular flexibility index (Phi) is 5.22. The minimum Gasteiger partial charge on any atom is -0.495 e. The quantitative estimate of drug-likeness (QED) is 0.865. The first-order chi connectivity index (χ1) is 12.3. The molecule has 3 rings (SSSR count). The summed E-state index contributed by atoms with van der Waals surface area (Å²) in [5, 5.41) is 3.19. The summed E-state index contributed by atoms with van der Waals surface area (Å²) in [6.07, 6.45) is 1.42. The lowest BCUT2D eigenvalue weighted by molar-refractivity contribution is -0.120. The number of carbonyl (C=O) groups excluding carboxylic acids is 1. The van der Waals surface area contributed by atoms with E-state index in [1.165, 1.54) is 11.4 Å². The van der Waals surface area contributed by atoms with Crippen molar-refractivity contribution >= 4 is 33.2 Å². The predicted octanol–water partition coefficient (Wildman–Crippen LogP) is 2.67. The molecule has 1 aliphatic heterocycles. The number of methoxy groups -OCH3 is 1. The Bertz CT molecular complexity index is 946. The van der Waals surface area contributed by atoms with Crippen LogP contribution >= 0.6 is 11.6 Å².